The quantitative estimate of drug-likeness (QED) is 0.405. The Morgan fingerprint density at radius 2 is 1.81 bits per heavy atom. The van der Waals surface area contributed by atoms with Crippen molar-refractivity contribution in [3.63, 3.8) is 0 Å². The fraction of sp³-hybridized carbons (Fsp3) is 0.464. The van der Waals surface area contributed by atoms with Crippen LogP contribution in [0.5, 0.6) is 5.88 Å². The first kappa shape index (κ1) is 24.2. The fourth-order valence-corrected chi connectivity index (χ4v) is 4.74. The molecule has 1 saturated heterocycles. The van der Waals surface area contributed by atoms with E-state index in [9.17, 15) is 0 Å². The molecular formula is C28H35N7O. The van der Waals surface area contributed by atoms with Crippen LogP contribution in [0.25, 0.3) is 11.2 Å². The summed E-state index contributed by atoms with van der Waals surface area (Å²) in [7, 11) is 2.01. The first-order valence-electron chi connectivity index (χ1n) is 12.6. The van der Waals surface area contributed by atoms with Crippen LogP contribution in [0.3, 0.4) is 0 Å². The average molecular weight is 486 g/mol. The van der Waals surface area contributed by atoms with Gasteiger partial charge in [0.2, 0.25) is 11.8 Å². The maximum absolute atomic E-state index is 6.16. The van der Waals surface area contributed by atoms with Crippen molar-refractivity contribution in [3.05, 3.63) is 65.0 Å². The van der Waals surface area contributed by atoms with Gasteiger partial charge in [0.15, 0.2) is 5.65 Å². The second kappa shape index (κ2) is 9.48. The second-order valence-corrected chi connectivity index (χ2v) is 10.9. The average Bonchev–Trinajstić information content (AvgIpc) is 3.22. The summed E-state index contributed by atoms with van der Waals surface area (Å²) in [6.07, 6.45) is 7.78. The monoisotopic (exact) mass is 485 g/mol. The smallest absolute Gasteiger partial charge is 0.227 e. The third-order valence-electron chi connectivity index (χ3n) is 7.06. The summed E-state index contributed by atoms with van der Waals surface area (Å²) in [5, 5.41) is 0. The zero-order valence-corrected chi connectivity index (χ0v) is 22.1. The molecule has 1 aromatic carbocycles. The Kier molecular flexibility index (Phi) is 6.36. The second-order valence-electron chi connectivity index (χ2n) is 10.9. The minimum Gasteiger partial charge on any atom is -0.474 e. The summed E-state index contributed by atoms with van der Waals surface area (Å²) in [6, 6.07) is 6.79. The van der Waals surface area contributed by atoms with Crippen LogP contribution in [0.1, 0.15) is 61.6 Å². The van der Waals surface area contributed by atoms with E-state index in [-0.39, 0.29) is 11.5 Å². The van der Waals surface area contributed by atoms with Crippen molar-refractivity contribution in [2.75, 3.05) is 18.0 Å². The molecule has 0 N–H and O–H groups in total. The number of anilines is 1. The molecule has 4 heterocycles. The standard InChI is InChI=1S/C28H35N7O/c1-18-7-8-21(28(3,4)5)13-20(18)14-23-24-25(31-17-34(24)6)33-27(32-23)35-11-9-22(10-12-35)36-26-19(2)15-29-16-30-26/h7-8,13,15-17,22H,9-12,14H2,1-6H3. The van der Waals surface area contributed by atoms with Crippen LogP contribution in [0.15, 0.2) is 37.1 Å². The van der Waals surface area contributed by atoms with Gasteiger partial charge in [-0.3, -0.25) is 0 Å². The molecule has 5 rings (SSSR count). The number of benzene rings is 1. The molecule has 0 unspecified atom stereocenters. The lowest BCUT2D eigenvalue weighted by Gasteiger charge is -2.32. The summed E-state index contributed by atoms with van der Waals surface area (Å²) in [5.41, 5.74) is 7.71. The molecule has 0 radical (unpaired) electrons. The number of piperidine rings is 1. The lowest BCUT2D eigenvalue weighted by Crippen LogP contribution is -2.39. The molecule has 4 aromatic rings. The molecule has 8 heteroatoms. The Morgan fingerprint density at radius 1 is 1.03 bits per heavy atom. The lowest BCUT2D eigenvalue weighted by molar-refractivity contribution is 0.162. The number of aromatic nitrogens is 6. The molecule has 1 aliphatic rings. The molecule has 0 atom stereocenters. The third kappa shape index (κ3) is 4.90. The van der Waals surface area contributed by atoms with Gasteiger partial charge in [-0.05, 0) is 36.0 Å². The Hall–Kier alpha value is -3.55. The van der Waals surface area contributed by atoms with Crippen molar-refractivity contribution >= 4 is 17.1 Å². The number of hydrogen-bond acceptors (Lipinski definition) is 7. The zero-order valence-electron chi connectivity index (χ0n) is 22.1. The number of fused-ring (bicyclic) bond motifs is 1. The molecule has 0 bridgehead atoms. The predicted octanol–water partition coefficient (Wildman–Crippen LogP) is 4.71. The molecular weight excluding hydrogens is 450 g/mol. The van der Waals surface area contributed by atoms with E-state index in [0.717, 1.165) is 60.7 Å². The molecule has 1 aliphatic heterocycles. The van der Waals surface area contributed by atoms with E-state index in [1.807, 2.05) is 24.9 Å². The lowest BCUT2D eigenvalue weighted by atomic mass is 9.84. The van der Waals surface area contributed by atoms with Crippen LogP contribution in [0.2, 0.25) is 0 Å². The SMILES string of the molecule is Cc1ccc(C(C)(C)C)cc1Cc1nc(N2CCC(Oc3ncncc3C)CC2)nc2ncn(C)c12. The van der Waals surface area contributed by atoms with Crippen LogP contribution >= 0.6 is 0 Å². The summed E-state index contributed by atoms with van der Waals surface area (Å²) in [5.74, 6) is 1.42. The van der Waals surface area contributed by atoms with Crippen LogP contribution in [0.4, 0.5) is 5.95 Å². The zero-order chi connectivity index (χ0) is 25.4. The van der Waals surface area contributed by atoms with Gasteiger partial charge in [0, 0.05) is 51.2 Å². The minimum atomic E-state index is 0.0951. The topological polar surface area (TPSA) is 81.8 Å². The molecule has 3 aromatic heterocycles. The number of aryl methyl sites for hydroxylation is 3. The molecule has 0 saturated carbocycles. The summed E-state index contributed by atoms with van der Waals surface area (Å²) in [6.45, 7) is 12.6. The van der Waals surface area contributed by atoms with Crippen LogP contribution in [-0.2, 0) is 18.9 Å². The van der Waals surface area contributed by atoms with E-state index >= 15 is 0 Å². The Labute approximate surface area is 212 Å². The van der Waals surface area contributed by atoms with E-state index in [2.05, 4.69) is 65.7 Å². The van der Waals surface area contributed by atoms with Crippen molar-refractivity contribution in [1.29, 1.82) is 0 Å². The molecule has 0 spiro atoms. The van der Waals surface area contributed by atoms with Crippen molar-refractivity contribution in [2.24, 2.45) is 7.05 Å². The van der Waals surface area contributed by atoms with Crippen molar-refractivity contribution < 1.29 is 4.74 Å². The van der Waals surface area contributed by atoms with Crippen molar-refractivity contribution in [2.45, 2.75) is 65.4 Å². The van der Waals surface area contributed by atoms with E-state index in [0.29, 0.717) is 5.88 Å². The largest absolute Gasteiger partial charge is 0.474 e. The molecule has 0 amide bonds. The van der Waals surface area contributed by atoms with Gasteiger partial charge in [0.1, 0.15) is 17.9 Å². The van der Waals surface area contributed by atoms with Gasteiger partial charge in [-0.1, -0.05) is 39.0 Å². The van der Waals surface area contributed by atoms with Crippen molar-refractivity contribution in [1.82, 2.24) is 29.5 Å². The molecule has 36 heavy (non-hydrogen) atoms. The van der Waals surface area contributed by atoms with E-state index in [1.165, 1.54) is 23.0 Å². The highest BCUT2D eigenvalue weighted by Gasteiger charge is 2.25. The Bertz CT molecular complexity index is 1380. The summed E-state index contributed by atoms with van der Waals surface area (Å²) >= 11 is 0. The van der Waals surface area contributed by atoms with Crippen molar-refractivity contribution in [3.8, 4) is 5.88 Å². The Balaban J connectivity index is 1.40. The first-order valence-corrected chi connectivity index (χ1v) is 12.6. The number of nitrogens with zero attached hydrogens (tertiary/aromatic N) is 7. The van der Waals surface area contributed by atoms with E-state index in [1.54, 1.807) is 6.20 Å². The molecule has 1 fully saturated rings. The van der Waals surface area contributed by atoms with E-state index < -0.39 is 0 Å². The van der Waals surface area contributed by atoms with Gasteiger partial charge in [-0.25, -0.2) is 19.9 Å². The molecule has 188 valence electrons. The van der Waals surface area contributed by atoms with Gasteiger partial charge in [-0.2, -0.15) is 4.98 Å². The van der Waals surface area contributed by atoms with Crippen LogP contribution < -0.4 is 9.64 Å². The highest BCUT2D eigenvalue weighted by atomic mass is 16.5. The molecule has 0 aliphatic carbocycles. The maximum atomic E-state index is 6.16. The number of hydrogen-bond donors (Lipinski definition) is 0. The summed E-state index contributed by atoms with van der Waals surface area (Å²) < 4.78 is 8.19. The highest BCUT2D eigenvalue weighted by molar-refractivity contribution is 5.75. The first-order chi connectivity index (χ1) is 17.2. The van der Waals surface area contributed by atoms with Crippen LogP contribution in [-0.4, -0.2) is 48.7 Å². The van der Waals surface area contributed by atoms with Gasteiger partial charge in [0.05, 0.1) is 12.0 Å². The Morgan fingerprint density at radius 3 is 2.53 bits per heavy atom. The van der Waals surface area contributed by atoms with Gasteiger partial charge >= 0.3 is 0 Å². The normalized spacial score (nSPS) is 15.0. The van der Waals surface area contributed by atoms with E-state index in [4.69, 9.17) is 14.7 Å². The number of rotatable bonds is 5. The fourth-order valence-electron chi connectivity index (χ4n) is 4.74. The number of imidazole rings is 1. The van der Waals surface area contributed by atoms with Crippen LogP contribution in [0, 0.1) is 13.8 Å². The van der Waals surface area contributed by atoms with Gasteiger partial charge < -0.3 is 14.2 Å². The predicted molar refractivity (Wildman–Crippen MR) is 142 cm³/mol. The van der Waals surface area contributed by atoms with Gasteiger partial charge in [0.25, 0.3) is 0 Å². The van der Waals surface area contributed by atoms with Gasteiger partial charge in [-0.15, -0.1) is 0 Å². The maximum Gasteiger partial charge on any atom is 0.227 e. The molecule has 8 nitrogen and oxygen atoms in total. The highest BCUT2D eigenvalue weighted by Crippen LogP contribution is 2.28. The minimum absolute atomic E-state index is 0.0951. The number of ether oxygens (including phenoxy) is 1. The summed E-state index contributed by atoms with van der Waals surface area (Å²) in [4.78, 5) is 25.1. The third-order valence-corrected chi connectivity index (χ3v) is 7.06.